The summed E-state index contributed by atoms with van der Waals surface area (Å²) in [6.07, 6.45) is 1.69. The Labute approximate surface area is 116 Å². The summed E-state index contributed by atoms with van der Waals surface area (Å²) in [4.78, 5) is 20.4. The summed E-state index contributed by atoms with van der Waals surface area (Å²) in [7, 11) is 0. The molecule has 0 amide bonds. The van der Waals surface area contributed by atoms with Gasteiger partial charge in [0.05, 0.1) is 11.0 Å². The van der Waals surface area contributed by atoms with Gasteiger partial charge >= 0.3 is 5.97 Å². The monoisotopic (exact) mass is 264 g/mol. The second kappa shape index (κ2) is 5.48. The van der Waals surface area contributed by atoms with Gasteiger partial charge in [-0.2, -0.15) is 0 Å². The van der Waals surface area contributed by atoms with Crippen LogP contribution < -0.4 is 0 Å². The molecule has 4 heteroatoms. The molecule has 0 atom stereocenters. The van der Waals surface area contributed by atoms with Crippen LogP contribution in [-0.2, 0) is 11.3 Å². The van der Waals surface area contributed by atoms with Crippen molar-refractivity contribution in [1.82, 2.24) is 9.97 Å². The van der Waals surface area contributed by atoms with Gasteiger partial charge in [-0.15, -0.1) is 0 Å². The number of aromatic nitrogens is 2. The van der Waals surface area contributed by atoms with Crippen LogP contribution in [0.4, 0.5) is 0 Å². The number of esters is 1. The number of benzene rings is 1. The van der Waals surface area contributed by atoms with E-state index in [1.807, 2.05) is 36.4 Å². The summed E-state index contributed by atoms with van der Waals surface area (Å²) in [5.74, 6) is -0.431. The lowest BCUT2D eigenvalue weighted by molar-refractivity contribution is 0.0466. The summed E-state index contributed by atoms with van der Waals surface area (Å²) in [6, 6.07) is 16.5. The van der Waals surface area contributed by atoms with Crippen molar-refractivity contribution < 1.29 is 9.53 Å². The second-order valence-electron chi connectivity index (χ2n) is 4.30. The summed E-state index contributed by atoms with van der Waals surface area (Å²) >= 11 is 0. The van der Waals surface area contributed by atoms with Crippen LogP contribution in [0.15, 0.2) is 60.8 Å². The van der Waals surface area contributed by atoms with E-state index >= 15 is 0 Å². The van der Waals surface area contributed by atoms with Gasteiger partial charge in [0.1, 0.15) is 12.3 Å². The van der Waals surface area contributed by atoms with Crippen molar-refractivity contribution in [3.8, 4) is 0 Å². The Morgan fingerprint density at radius 2 is 1.80 bits per heavy atom. The molecule has 1 aromatic carbocycles. The molecule has 0 spiro atoms. The fourth-order valence-corrected chi connectivity index (χ4v) is 1.87. The number of carbonyl (C=O) groups is 1. The van der Waals surface area contributed by atoms with Gasteiger partial charge in [0, 0.05) is 6.20 Å². The standard InChI is InChI=1S/C16H12N2O2/c19-16(20-11-12-5-2-1-3-6-12)15-9-8-13-14(18-15)7-4-10-17-13/h1-10H,11H2. The Kier molecular flexibility index (Phi) is 3.37. The van der Waals surface area contributed by atoms with Crippen molar-refractivity contribution in [3.05, 3.63) is 72.1 Å². The molecule has 0 aliphatic heterocycles. The van der Waals surface area contributed by atoms with Gasteiger partial charge in [-0.3, -0.25) is 4.98 Å². The van der Waals surface area contributed by atoms with E-state index in [9.17, 15) is 4.79 Å². The van der Waals surface area contributed by atoms with Crippen molar-refractivity contribution in [2.75, 3.05) is 0 Å². The van der Waals surface area contributed by atoms with Crippen LogP contribution in [-0.4, -0.2) is 15.9 Å². The second-order valence-corrected chi connectivity index (χ2v) is 4.30. The average Bonchev–Trinajstić information content (AvgIpc) is 2.53. The van der Waals surface area contributed by atoms with Crippen molar-refractivity contribution in [2.45, 2.75) is 6.61 Å². The van der Waals surface area contributed by atoms with E-state index in [-0.39, 0.29) is 6.61 Å². The Morgan fingerprint density at radius 3 is 2.65 bits per heavy atom. The summed E-state index contributed by atoms with van der Waals surface area (Å²) in [5, 5.41) is 0. The highest BCUT2D eigenvalue weighted by Crippen LogP contribution is 2.10. The molecule has 0 fully saturated rings. The van der Waals surface area contributed by atoms with Crippen LogP contribution in [0.1, 0.15) is 16.1 Å². The van der Waals surface area contributed by atoms with Crippen molar-refractivity contribution in [2.24, 2.45) is 0 Å². The molecule has 0 radical (unpaired) electrons. The van der Waals surface area contributed by atoms with Crippen LogP contribution in [0.3, 0.4) is 0 Å². The first-order valence-electron chi connectivity index (χ1n) is 6.26. The van der Waals surface area contributed by atoms with Crippen LogP contribution in [0.25, 0.3) is 11.0 Å². The van der Waals surface area contributed by atoms with Gasteiger partial charge in [-0.05, 0) is 29.8 Å². The largest absolute Gasteiger partial charge is 0.456 e. The van der Waals surface area contributed by atoms with Gasteiger partial charge in [0.15, 0.2) is 0 Å². The summed E-state index contributed by atoms with van der Waals surface area (Å²) < 4.78 is 5.24. The van der Waals surface area contributed by atoms with Crippen LogP contribution >= 0.6 is 0 Å². The molecule has 2 heterocycles. The normalized spacial score (nSPS) is 10.4. The van der Waals surface area contributed by atoms with Crippen molar-refractivity contribution in [1.29, 1.82) is 0 Å². The van der Waals surface area contributed by atoms with Gasteiger partial charge in [-0.1, -0.05) is 30.3 Å². The first kappa shape index (κ1) is 12.3. The molecular formula is C16H12N2O2. The van der Waals surface area contributed by atoms with E-state index < -0.39 is 5.97 Å². The minimum absolute atomic E-state index is 0.242. The molecule has 0 aliphatic carbocycles. The molecule has 0 aliphatic rings. The lowest BCUT2D eigenvalue weighted by atomic mass is 10.2. The lowest BCUT2D eigenvalue weighted by Crippen LogP contribution is -2.07. The van der Waals surface area contributed by atoms with Gasteiger partial charge in [-0.25, -0.2) is 9.78 Å². The van der Waals surface area contributed by atoms with Gasteiger partial charge in [0.25, 0.3) is 0 Å². The molecule has 0 bridgehead atoms. The van der Waals surface area contributed by atoms with Crippen LogP contribution in [0.2, 0.25) is 0 Å². The molecule has 4 nitrogen and oxygen atoms in total. The molecule has 3 aromatic rings. The fourth-order valence-electron chi connectivity index (χ4n) is 1.87. The van der Waals surface area contributed by atoms with E-state index in [0.717, 1.165) is 11.1 Å². The van der Waals surface area contributed by atoms with Crippen molar-refractivity contribution >= 4 is 17.0 Å². The maximum Gasteiger partial charge on any atom is 0.357 e. The molecule has 0 N–H and O–H groups in total. The summed E-state index contributed by atoms with van der Waals surface area (Å²) in [6.45, 7) is 0.242. The SMILES string of the molecule is O=C(OCc1ccccc1)c1ccc2ncccc2n1. The molecule has 2 aromatic heterocycles. The molecule has 3 rings (SSSR count). The Bertz CT molecular complexity index is 742. The molecule has 0 saturated carbocycles. The van der Waals surface area contributed by atoms with Gasteiger partial charge in [0.2, 0.25) is 0 Å². The predicted octanol–water partition coefficient (Wildman–Crippen LogP) is 2.99. The smallest absolute Gasteiger partial charge is 0.357 e. The minimum Gasteiger partial charge on any atom is -0.456 e. The van der Waals surface area contributed by atoms with E-state index in [2.05, 4.69) is 9.97 Å². The quantitative estimate of drug-likeness (QED) is 0.682. The lowest BCUT2D eigenvalue weighted by Gasteiger charge is -2.05. The molecule has 0 unspecified atom stereocenters. The molecule has 0 saturated heterocycles. The minimum atomic E-state index is -0.431. The number of rotatable bonds is 3. The number of hydrogen-bond donors (Lipinski definition) is 0. The third-order valence-corrected chi connectivity index (χ3v) is 2.88. The third kappa shape index (κ3) is 2.64. The van der Waals surface area contributed by atoms with E-state index in [1.54, 1.807) is 24.4 Å². The number of fused-ring (bicyclic) bond motifs is 1. The highest BCUT2D eigenvalue weighted by Gasteiger charge is 2.10. The average molecular weight is 264 g/mol. The highest BCUT2D eigenvalue weighted by atomic mass is 16.5. The number of nitrogens with zero attached hydrogens (tertiary/aromatic N) is 2. The molecule has 20 heavy (non-hydrogen) atoms. The molecule has 98 valence electrons. The predicted molar refractivity (Wildman–Crippen MR) is 75.1 cm³/mol. The zero-order valence-corrected chi connectivity index (χ0v) is 10.7. The first-order chi connectivity index (χ1) is 9.83. The first-order valence-corrected chi connectivity index (χ1v) is 6.26. The van der Waals surface area contributed by atoms with E-state index in [0.29, 0.717) is 11.2 Å². The zero-order valence-electron chi connectivity index (χ0n) is 10.7. The Balaban J connectivity index is 1.75. The number of ether oxygens (including phenoxy) is 1. The molecular weight excluding hydrogens is 252 g/mol. The van der Waals surface area contributed by atoms with E-state index in [1.165, 1.54) is 0 Å². The summed E-state index contributed by atoms with van der Waals surface area (Å²) in [5.41, 5.74) is 2.68. The zero-order chi connectivity index (χ0) is 13.8. The number of hydrogen-bond acceptors (Lipinski definition) is 4. The topological polar surface area (TPSA) is 52.1 Å². The van der Waals surface area contributed by atoms with Crippen LogP contribution in [0, 0.1) is 0 Å². The number of pyridine rings is 2. The highest BCUT2D eigenvalue weighted by molar-refractivity contribution is 5.90. The van der Waals surface area contributed by atoms with Crippen LogP contribution in [0.5, 0.6) is 0 Å². The van der Waals surface area contributed by atoms with Crippen molar-refractivity contribution in [3.63, 3.8) is 0 Å². The Morgan fingerprint density at radius 1 is 0.950 bits per heavy atom. The maximum atomic E-state index is 12.0. The van der Waals surface area contributed by atoms with Gasteiger partial charge < -0.3 is 4.74 Å². The maximum absolute atomic E-state index is 12.0. The Hall–Kier alpha value is -2.75. The van der Waals surface area contributed by atoms with E-state index in [4.69, 9.17) is 4.74 Å². The number of carbonyl (C=O) groups excluding carboxylic acids is 1. The fraction of sp³-hybridized carbons (Fsp3) is 0.0625. The third-order valence-electron chi connectivity index (χ3n) is 2.88.